The van der Waals surface area contributed by atoms with E-state index < -0.39 is 5.97 Å². The first-order chi connectivity index (χ1) is 10.3. The van der Waals surface area contributed by atoms with E-state index in [1.807, 2.05) is 20.8 Å². The van der Waals surface area contributed by atoms with Crippen molar-refractivity contribution in [3.8, 4) is 5.75 Å². The molecule has 0 saturated heterocycles. The van der Waals surface area contributed by atoms with Gasteiger partial charge in [0.15, 0.2) is 6.61 Å². The number of hydrogen-bond donors (Lipinski definition) is 1. The van der Waals surface area contributed by atoms with E-state index in [1.54, 1.807) is 18.2 Å². The predicted molar refractivity (Wildman–Crippen MR) is 85.4 cm³/mol. The second-order valence-electron chi connectivity index (χ2n) is 5.53. The van der Waals surface area contributed by atoms with Gasteiger partial charge in [0, 0.05) is 23.7 Å². The largest absolute Gasteiger partial charge is 0.483 e. The highest BCUT2D eigenvalue weighted by Crippen LogP contribution is 2.24. The predicted octanol–water partition coefficient (Wildman–Crippen LogP) is 2.99. The molecule has 0 fully saturated rings. The van der Waals surface area contributed by atoms with E-state index in [-0.39, 0.29) is 31.4 Å². The van der Waals surface area contributed by atoms with E-state index in [2.05, 4.69) is 0 Å². The molecule has 0 aliphatic rings. The fraction of sp³-hybridized carbons (Fsp3) is 0.500. The average molecular weight is 328 g/mol. The number of rotatable bonds is 8. The molecule has 0 atom stereocenters. The van der Waals surface area contributed by atoms with Crippen molar-refractivity contribution in [1.82, 2.24) is 4.90 Å². The van der Waals surface area contributed by atoms with Crippen molar-refractivity contribution in [3.05, 3.63) is 28.8 Å². The number of carbonyl (C=O) groups is 2. The normalized spacial score (nSPS) is 10.6. The van der Waals surface area contributed by atoms with Gasteiger partial charge in [0.25, 0.3) is 5.91 Å². The smallest absolute Gasteiger partial charge is 0.305 e. The maximum atomic E-state index is 12.2. The van der Waals surface area contributed by atoms with Gasteiger partial charge in [0.05, 0.1) is 6.42 Å². The quantitative estimate of drug-likeness (QED) is 0.797. The Bertz CT molecular complexity index is 531. The standard InChI is InChI=1S/C16H22ClNO4/c1-11(2)9-18(8-7-16(20)21)15(19)10-22-14-6-4-5-13(17)12(14)3/h4-6,11H,7-10H2,1-3H3,(H,20,21). The van der Waals surface area contributed by atoms with Crippen LogP contribution in [-0.2, 0) is 9.59 Å². The maximum Gasteiger partial charge on any atom is 0.305 e. The minimum atomic E-state index is -0.923. The molecule has 0 spiro atoms. The van der Waals surface area contributed by atoms with Crippen molar-refractivity contribution in [2.75, 3.05) is 19.7 Å². The van der Waals surface area contributed by atoms with Gasteiger partial charge in [-0.25, -0.2) is 0 Å². The second-order valence-corrected chi connectivity index (χ2v) is 5.94. The Kier molecular flexibility index (Phi) is 7.18. The number of carboxylic acid groups (broad SMARTS) is 1. The zero-order chi connectivity index (χ0) is 16.7. The molecule has 0 aliphatic heterocycles. The van der Waals surface area contributed by atoms with Crippen molar-refractivity contribution >= 4 is 23.5 Å². The third-order valence-corrected chi connectivity index (χ3v) is 3.51. The minimum Gasteiger partial charge on any atom is -0.483 e. The minimum absolute atomic E-state index is 0.0747. The molecule has 0 saturated carbocycles. The first-order valence-electron chi connectivity index (χ1n) is 7.18. The first kappa shape index (κ1) is 18.3. The highest BCUT2D eigenvalue weighted by atomic mass is 35.5. The Labute approximate surface area is 135 Å². The summed E-state index contributed by atoms with van der Waals surface area (Å²) in [7, 11) is 0. The van der Waals surface area contributed by atoms with Crippen LogP contribution in [0.5, 0.6) is 5.75 Å². The fourth-order valence-electron chi connectivity index (χ4n) is 1.96. The van der Waals surface area contributed by atoms with Crippen LogP contribution < -0.4 is 4.74 Å². The van der Waals surface area contributed by atoms with E-state index in [9.17, 15) is 9.59 Å². The van der Waals surface area contributed by atoms with Gasteiger partial charge < -0.3 is 14.7 Å². The summed E-state index contributed by atoms with van der Waals surface area (Å²) in [6.45, 7) is 6.33. The van der Waals surface area contributed by atoms with Gasteiger partial charge in [-0.3, -0.25) is 9.59 Å². The number of carboxylic acids is 1. The Hall–Kier alpha value is -1.75. The summed E-state index contributed by atoms with van der Waals surface area (Å²) in [6.07, 6.45) is -0.0747. The van der Waals surface area contributed by atoms with E-state index in [0.717, 1.165) is 5.56 Å². The Morgan fingerprint density at radius 2 is 2.05 bits per heavy atom. The number of aliphatic carboxylic acids is 1. The Balaban J connectivity index is 2.65. The maximum absolute atomic E-state index is 12.2. The number of benzene rings is 1. The fourth-order valence-corrected chi connectivity index (χ4v) is 2.13. The molecule has 5 nitrogen and oxygen atoms in total. The molecule has 0 aliphatic carbocycles. The number of hydrogen-bond acceptors (Lipinski definition) is 3. The molecular weight excluding hydrogens is 306 g/mol. The van der Waals surface area contributed by atoms with Crippen LogP contribution in [0.25, 0.3) is 0 Å². The monoisotopic (exact) mass is 327 g/mol. The number of nitrogens with zero attached hydrogens (tertiary/aromatic N) is 1. The van der Waals surface area contributed by atoms with Crippen molar-refractivity contribution < 1.29 is 19.4 Å². The van der Waals surface area contributed by atoms with Crippen molar-refractivity contribution in [2.45, 2.75) is 27.2 Å². The summed E-state index contributed by atoms with van der Waals surface area (Å²) in [5, 5.41) is 9.35. The third kappa shape index (κ3) is 5.93. The van der Waals surface area contributed by atoms with Crippen LogP contribution in [0.1, 0.15) is 25.8 Å². The zero-order valence-electron chi connectivity index (χ0n) is 13.1. The summed E-state index contributed by atoms with van der Waals surface area (Å²) in [4.78, 5) is 24.5. The highest BCUT2D eigenvalue weighted by Gasteiger charge is 2.17. The van der Waals surface area contributed by atoms with Crippen molar-refractivity contribution in [1.29, 1.82) is 0 Å². The molecule has 122 valence electrons. The molecule has 1 aromatic carbocycles. The molecule has 0 aromatic heterocycles. The van der Waals surface area contributed by atoms with Gasteiger partial charge >= 0.3 is 5.97 Å². The van der Waals surface area contributed by atoms with E-state index in [0.29, 0.717) is 17.3 Å². The average Bonchev–Trinajstić information content (AvgIpc) is 2.44. The lowest BCUT2D eigenvalue weighted by Crippen LogP contribution is -2.39. The van der Waals surface area contributed by atoms with E-state index in [4.69, 9.17) is 21.4 Å². The van der Waals surface area contributed by atoms with Crippen LogP contribution in [0, 0.1) is 12.8 Å². The molecule has 1 rings (SSSR count). The van der Waals surface area contributed by atoms with Crippen LogP contribution >= 0.6 is 11.6 Å². The molecule has 0 bridgehead atoms. The van der Waals surface area contributed by atoms with Crippen LogP contribution in [0.3, 0.4) is 0 Å². The number of carbonyl (C=O) groups excluding carboxylic acids is 1. The summed E-state index contributed by atoms with van der Waals surface area (Å²) in [6, 6.07) is 5.26. The van der Waals surface area contributed by atoms with Gasteiger partial charge in [0.2, 0.25) is 0 Å². The number of halogens is 1. The Morgan fingerprint density at radius 1 is 1.36 bits per heavy atom. The molecule has 1 aromatic rings. The lowest BCUT2D eigenvalue weighted by Gasteiger charge is -2.24. The number of ether oxygens (including phenoxy) is 1. The van der Waals surface area contributed by atoms with Gasteiger partial charge in [0.1, 0.15) is 5.75 Å². The van der Waals surface area contributed by atoms with Gasteiger partial charge in [-0.15, -0.1) is 0 Å². The summed E-state index contributed by atoms with van der Waals surface area (Å²) < 4.78 is 5.53. The van der Waals surface area contributed by atoms with Crippen molar-refractivity contribution in [3.63, 3.8) is 0 Å². The second kappa shape index (κ2) is 8.63. The van der Waals surface area contributed by atoms with Crippen LogP contribution in [0.4, 0.5) is 0 Å². The van der Waals surface area contributed by atoms with Crippen LogP contribution in [-0.4, -0.2) is 41.6 Å². The number of amides is 1. The lowest BCUT2D eigenvalue weighted by molar-refractivity contribution is -0.139. The van der Waals surface area contributed by atoms with Gasteiger partial charge in [-0.1, -0.05) is 31.5 Å². The molecule has 1 N–H and O–H groups in total. The van der Waals surface area contributed by atoms with Crippen molar-refractivity contribution in [2.24, 2.45) is 5.92 Å². The molecular formula is C16H22ClNO4. The molecule has 22 heavy (non-hydrogen) atoms. The molecule has 0 radical (unpaired) electrons. The summed E-state index contributed by atoms with van der Waals surface area (Å²) in [5.74, 6) is -0.336. The first-order valence-corrected chi connectivity index (χ1v) is 7.56. The molecule has 0 heterocycles. The SMILES string of the molecule is Cc1c(Cl)cccc1OCC(=O)N(CCC(=O)O)CC(C)C. The van der Waals surface area contributed by atoms with E-state index in [1.165, 1.54) is 4.90 Å². The topological polar surface area (TPSA) is 66.8 Å². The third-order valence-electron chi connectivity index (χ3n) is 3.10. The highest BCUT2D eigenvalue weighted by molar-refractivity contribution is 6.31. The van der Waals surface area contributed by atoms with E-state index >= 15 is 0 Å². The summed E-state index contributed by atoms with van der Waals surface area (Å²) in [5.41, 5.74) is 0.776. The molecule has 6 heteroatoms. The van der Waals surface area contributed by atoms with Gasteiger partial charge in [-0.2, -0.15) is 0 Å². The zero-order valence-corrected chi connectivity index (χ0v) is 13.9. The summed E-state index contributed by atoms with van der Waals surface area (Å²) >= 11 is 6.00. The molecule has 1 amide bonds. The van der Waals surface area contributed by atoms with Gasteiger partial charge in [-0.05, 0) is 25.0 Å². The lowest BCUT2D eigenvalue weighted by atomic mass is 10.2. The van der Waals surface area contributed by atoms with Crippen LogP contribution in [0.2, 0.25) is 5.02 Å². The van der Waals surface area contributed by atoms with Crippen LogP contribution in [0.15, 0.2) is 18.2 Å². The Morgan fingerprint density at radius 3 is 2.64 bits per heavy atom. The molecule has 0 unspecified atom stereocenters.